The van der Waals surface area contributed by atoms with Crippen LogP contribution in [0, 0.1) is 22.5 Å². The number of hydrogen-bond acceptors (Lipinski definition) is 5. The molecule has 0 saturated heterocycles. The standard InChI is InChI=1S/C13H12N2O6/c1-2-3-11(13(17)18)14-12(16)8-21-10-6-4-9(5-7-10)15(19)20/h1,4-7,11H,3,8H2,(H,14,16)(H,17,18). The molecule has 0 spiro atoms. The van der Waals surface area contributed by atoms with Crippen LogP contribution in [0.4, 0.5) is 5.69 Å². The Morgan fingerprint density at radius 1 is 1.43 bits per heavy atom. The number of nitro groups is 1. The van der Waals surface area contributed by atoms with Gasteiger partial charge in [0.25, 0.3) is 11.6 Å². The molecule has 0 saturated carbocycles. The Labute approximate surface area is 119 Å². The fraction of sp³-hybridized carbons (Fsp3) is 0.231. The zero-order valence-electron chi connectivity index (χ0n) is 10.8. The SMILES string of the molecule is C#CCC(NC(=O)COc1ccc([N+](=O)[O-])cc1)C(=O)O. The van der Waals surface area contributed by atoms with Gasteiger partial charge in [-0.3, -0.25) is 14.9 Å². The molecule has 21 heavy (non-hydrogen) atoms. The van der Waals surface area contributed by atoms with E-state index in [9.17, 15) is 19.7 Å². The molecular formula is C13H12N2O6. The number of amides is 1. The van der Waals surface area contributed by atoms with Gasteiger partial charge in [-0.2, -0.15) is 0 Å². The lowest BCUT2D eigenvalue weighted by molar-refractivity contribution is -0.384. The molecule has 0 aliphatic heterocycles. The van der Waals surface area contributed by atoms with Crippen molar-refractivity contribution >= 4 is 17.6 Å². The van der Waals surface area contributed by atoms with Crippen LogP contribution in [0.5, 0.6) is 5.75 Å². The van der Waals surface area contributed by atoms with Crippen LogP contribution >= 0.6 is 0 Å². The molecule has 0 fully saturated rings. The van der Waals surface area contributed by atoms with Crippen molar-refractivity contribution in [2.75, 3.05) is 6.61 Å². The highest BCUT2D eigenvalue weighted by Crippen LogP contribution is 2.17. The van der Waals surface area contributed by atoms with E-state index >= 15 is 0 Å². The Morgan fingerprint density at radius 3 is 2.52 bits per heavy atom. The van der Waals surface area contributed by atoms with E-state index in [-0.39, 0.29) is 17.9 Å². The van der Waals surface area contributed by atoms with Crippen LogP contribution in [0.1, 0.15) is 6.42 Å². The van der Waals surface area contributed by atoms with Gasteiger partial charge in [-0.05, 0) is 12.1 Å². The maximum atomic E-state index is 11.5. The second-order valence-electron chi connectivity index (χ2n) is 3.91. The molecule has 1 amide bonds. The summed E-state index contributed by atoms with van der Waals surface area (Å²) in [6, 6.07) is 3.95. The quantitative estimate of drug-likeness (QED) is 0.430. The summed E-state index contributed by atoms with van der Waals surface area (Å²) in [5.74, 6) is 0.499. The lowest BCUT2D eigenvalue weighted by Gasteiger charge is -2.12. The average molecular weight is 292 g/mol. The minimum Gasteiger partial charge on any atom is -0.484 e. The molecule has 8 heteroatoms. The molecule has 1 aromatic rings. The Bertz CT molecular complexity index is 575. The summed E-state index contributed by atoms with van der Waals surface area (Å²) in [6.07, 6.45) is 4.86. The number of non-ortho nitro benzene ring substituents is 1. The molecule has 1 rings (SSSR count). The van der Waals surface area contributed by atoms with Crippen molar-refractivity contribution in [2.24, 2.45) is 0 Å². The molecule has 1 atom stereocenters. The molecule has 0 aromatic heterocycles. The summed E-state index contributed by atoms with van der Waals surface area (Å²) in [5.41, 5.74) is -0.105. The number of hydrogen-bond donors (Lipinski definition) is 2. The Balaban J connectivity index is 2.51. The Kier molecular flexibility index (Phi) is 5.70. The van der Waals surface area contributed by atoms with Crippen LogP contribution in [0.25, 0.3) is 0 Å². The molecule has 0 aliphatic carbocycles. The first-order valence-corrected chi connectivity index (χ1v) is 5.77. The third-order valence-corrected chi connectivity index (χ3v) is 2.37. The summed E-state index contributed by atoms with van der Waals surface area (Å²) >= 11 is 0. The summed E-state index contributed by atoms with van der Waals surface area (Å²) in [5, 5.41) is 21.5. The minimum atomic E-state index is -1.24. The second kappa shape index (κ2) is 7.49. The first kappa shape index (κ1) is 16.0. The molecule has 110 valence electrons. The molecule has 0 heterocycles. The van der Waals surface area contributed by atoms with E-state index in [2.05, 4.69) is 11.2 Å². The number of nitrogens with one attached hydrogen (secondary N) is 1. The Hall–Kier alpha value is -3.08. The molecule has 8 nitrogen and oxygen atoms in total. The summed E-state index contributed by atoms with van der Waals surface area (Å²) < 4.78 is 5.08. The van der Waals surface area contributed by atoms with E-state index in [0.717, 1.165) is 0 Å². The van der Waals surface area contributed by atoms with Crippen molar-refractivity contribution < 1.29 is 24.4 Å². The number of carbonyl (C=O) groups is 2. The highest BCUT2D eigenvalue weighted by molar-refractivity contribution is 5.84. The van der Waals surface area contributed by atoms with E-state index in [4.69, 9.17) is 16.3 Å². The zero-order chi connectivity index (χ0) is 15.8. The smallest absolute Gasteiger partial charge is 0.327 e. The second-order valence-corrected chi connectivity index (χ2v) is 3.91. The van der Waals surface area contributed by atoms with Gasteiger partial charge in [0.05, 0.1) is 4.92 Å². The van der Waals surface area contributed by atoms with E-state index in [1.165, 1.54) is 24.3 Å². The van der Waals surface area contributed by atoms with Crippen LogP contribution in [0.2, 0.25) is 0 Å². The van der Waals surface area contributed by atoms with Crippen molar-refractivity contribution in [3.8, 4) is 18.1 Å². The van der Waals surface area contributed by atoms with Crippen molar-refractivity contribution in [3.05, 3.63) is 34.4 Å². The van der Waals surface area contributed by atoms with Gasteiger partial charge in [-0.25, -0.2) is 4.79 Å². The Morgan fingerprint density at radius 2 is 2.05 bits per heavy atom. The van der Waals surface area contributed by atoms with E-state index in [1.807, 2.05) is 0 Å². The van der Waals surface area contributed by atoms with Gasteiger partial charge in [0.1, 0.15) is 11.8 Å². The molecule has 0 radical (unpaired) electrons. The summed E-state index contributed by atoms with van der Waals surface area (Å²) in [6.45, 7) is -0.424. The van der Waals surface area contributed by atoms with Crippen molar-refractivity contribution in [1.29, 1.82) is 0 Å². The number of nitrogens with zero attached hydrogens (tertiary/aromatic N) is 1. The van der Waals surface area contributed by atoms with Crippen LogP contribution in [0.3, 0.4) is 0 Å². The number of aliphatic carboxylic acids is 1. The summed E-state index contributed by atoms with van der Waals surface area (Å²) in [4.78, 5) is 32.2. The van der Waals surface area contributed by atoms with Crippen LogP contribution < -0.4 is 10.1 Å². The number of carboxylic acids is 1. The van der Waals surface area contributed by atoms with Gasteiger partial charge in [0.2, 0.25) is 0 Å². The van der Waals surface area contributed by atoms with Crippen molar-refractivity contribution in [2.45, 2.75) is 12.5 Å². The number of benzene rings is 1. The van der Waals surface area contributed by atoms with Gasteiger partial charge in [0, 0.05) is 18.6 Å². The summed E-state index contributed by atoms with van der Waals surface area (Å²) in [7, 11) is 0. The van der Waals surface area contributed by atoms with E-state index in [1.54, 1.807) is 0 Å². The average Bonchev–Trinajstić information content (AvgIpc) is 2.45. The fourth-order valence-corrected chi connectivity index (χ4v) is 1.37. The molecular weight excluding hydrogens is 280 g/mol. The highest BCUT2D eigenvalue weighted by atomic mass is 16.6. The number of carboxylic acid groups (broad SMARTS) is 1. The van der Waals surface area contributed by atoms with Gasteiger partial charge >= 0.3 is 5.97 Å². The molecule has 0 bridgehead atoms. The number of rotatable bonds is 7. The number of nitro benzene ring substituents is 1. The van der Waals surface area contributed by atoms with Gasteiger partial charge in [0.15, 0.2) is 6.61 Å². The third kappa shape index (κ3) is 5.20. The molecule has 1 unspecified atom stereocenters. The number of carbonyl (C=O) groups excluding carboxylic acids is 1. The fourth-order valence-electron chi connectivity index (χ4n) is 1.37. The topological polar surface area (TPSA) is 119 Å². The maximum absolute atomic E-state index is 11.5. The van der Waals surface area contributed by atoms with E-state index in [0.29, 0.717) is 0 Å². The predicted molar refractivity (Wildman–Crippen MR) is 71.6 cm³/mol. The maximum Gasteiger partial charge on any atom is 0.327 e. The van der Waals surface area contributed by atoms with Gasteiger partial charge < -0.3 is 15.2 Å². The van der Waals surface area contributed by atoms with Gasteiger partial charge in [-0.15, -0.1) is 12.3 Å². The van der Waals surface area contributed by atoms with Gasteiger partial charge in [-0.1, -0.05) is 0 Å². The zero-order valence-corrected chi connectivity index (χ0v) is 10.8. The largest absolute Gasteiger partial charge is 0.484 e. The van der Waals surface area contributed by atoms with Crippen LogP contribution in [-0.4, -0.2) is 34.6 Å². The molecule has 1 aromatic carbocycles. The third-order valence-electron chi connectivity index (χ3n) is 2.37. The molecule has 0 aliphatic rings. The lowest BCUT2D eigenvalue weighted by atomic mass is 10.2. The van der Waals surface area contributed by atoms with Crippen molar-refractivity contribution in [1.82, 2.24) is 5.32 Å². The monoisotopic (exact) mass is 292 g/mol. The first-order chi connectivity index (χ1) is 9.93. The predicted octanol–water partition coefficient (Wildman–Crippen LogP) is 0.566. The number of terminal acetylenes is 1. The molecule has 2 N–H and O–H groups in total. The number of ether oxygens (including phenoxy) is 1. The minimum absolute atomic E-state index is 0.105. The first-order valence-electron chi connectivity index (χ1n) is 5.77. The van der Waals surface area contributed by atoms with E-state index < -0.39 is 29.4 Å². The normalized spacial score (nSPS) is 11.0. The van der Waals surface area contributed by atoms with Crippen LogP contribution in [-0.2, 0) is 9.59 Å². The van der Waals surface area contributed by atoms with Crippen molar-refractivity contribution in [3.63, 3.8) is 0 Å². The van der Waals surface area contributed by atoms with Crippen LogP contribution in [0.15, 0.2) is 24.3 Å². The lowest BCUT2D eigenvalue weighted by Crippen LogP contribution is -2.42. The highest BCUT2D eigenvalue weighted by Gasteiger charge is 2.18.